The third-order valence-corrected chi connectivity index (χ3v) is 5.75. The van der Waals surface area contributed by atoms with Crippen molar-refractivity contribution in [2.75, 3.05) is 16.4 Å². The fraction of sp³-hybridized carbons (Fsp3) is 0.167. The van der Waals surface area contributed by atoms with E-state index in [-0.39, 0.29) is 11.7 Å². The largest absolute Gasteiger partial charge is 0.356 e. The van der Waals surface area contributed by atoms with Gasteiger partial charge in [-0.25, -0.2) is 0 Å². The highest BCUT2D eigenvalue weighted by atomic mass is 35.5. The quantitative estimate of drug-likeness (QED) is 0.551. The number of thioether (sulfide) groups is 1. The van der Waals surface area contributed by atoms with Crippen LogP contribution in [0.15, 0.2) is 52.9 Å². The number of carbonyl (C=O) groups is 1. The highest BCUT2D eigenvalue weighted by Gasteiger charge is 2.10. The highest BCUT2D eigenvalue weighted by Crippen LogP contribution is 2.27. The maximum absolute atomic E-state index is 12.1. The number of nitrogens with zero attached hydrogens (tertiary/aromatic N) is 2. The minimum Gasteiger partial charge on any atom is -0.356 e. The van der Waals surface area contributed by atoms with Crippen molar-refractivity contribution in [1.82, 2.24) is 10.2 Å². The number of amides is 1. The van der Waals surface area contributed by atoms with Crippen LogP contribution in [0.3, 0.4) is 0 Å². The maximum Gasteiger partial charge on any atom is 0.234 e. The van der Waals surface area contributed by atoms with Crippen LogP contribution >= 0.6 is 34.7 Å². The van der Waals surface area contributed by atoms with Gasteiger partial charge in [-0.3, -0.25) is 4.79 Å². The van der Waals surface area contributed by atoms with Crippen LogP contribution in [0.2, 0.25) is 5.02 Å². The Morgan fingerprint density at radius 2 is 2.00 bits per heavy atom. The van der Waals surface area contributed by atoms with Crippen LogP contribution < -0.4 is 10.6 Å². The second-order valence-corrected chi connectivity index (χ2v) is 8.14. The number of anilines is 2. The summed E-state index contributed by atoms with van der Waals surface area (Å²) in [5.74, 6) is 0.118. The summed E-state index contributed by atoms with van der Waals surface area (Å²) >= 11 is 8.91. The summed E-state index contributed by atoms with van der Waals surface area (Å²) in [5.41, 5.74) is 2.84. The number of carbonyl (C=O) groups excluding carboxylic acids is 1. The number of aromatic nitrogens is 2. The van der Waals surface area contributed by atoms with Crippen molar-refractivity contribution in [2.24, 2.45) is 0 Å². The summed E-state index contributed by atoms with van der Waals surface area (Å²) in [6.45, 7) is 2.64. The van der Waals surface area contributed by atoms with Crippen molar-refractivity contribution in [1.29, 1.82) is 0 Å². The summed E-state index contributed by atoms with van der Waals surface area (Å²) in [6, 6.07) is 15.6. The van der Waals surface area contributed by atoms with Gasteiger partial charge in [0.15, 0.2) is 4.34 Å². The third kappa shape index (κ3) is 5.45. The molecule has 134 valence electrons. The molecule has 1 amide bonds. The molecule has 3 rings (SSSR count). The first kappa shape index (κ1) is 18.7. The molecule has 0 bridgehead atoms. The van der Waals surface area contributed by atoms with Crippen molar-refractivity contribution in [3.05, 3.63) is 64.7 Å². The predicted molar refractivity (Wildman–Crippen MR) is 109 cm³/mol. The lowest BCUT2D eigenvalue weighted by Gasteiger charge is -2.07. The zero-order valence-electron chi connectivity index (χ0n) is 14.0. The molecule has 0 saturated heterocycles. The molecule has 0 radical (unpaired) electrons. The van der Waals surface area contributed by atoms with E-state index >= 15 is 0 Å². The first-order chi connectivity index (χ1) is 12.6. The molecule has 0 unspecified atom stereocenters. The number of halogens is 1. The summed E-state index contributed by atoms with van der Waals surface area (Å²) < 4.78 is 0.741. The molecule has 0 atom stereocenters. The molecule has 0 saturated carbocycles. The van der Waals surface area contributed by atoms with Crippen molar-refractivity contribution in [2.45, 2.75) is 17.8 Å². The first-order valence-electron chi connectivity index (χ1n) is 7.90. The number of rotatable bonds is 7. The van der Waals surface area contributed by atoms with E-state index in [1.807, 2.05) is 49.4 Å². The van der Waals surface area contributed by atoms with E-state index in [0.717, 1.165) is 15.0 Å². The molecule has 0 spiro atoms. The van der Waals surface area contributed by atoms with Gasteiger partial charge in [-0.2, -0.15) is 0 Å². The van der Waals surface area contributed by atoms with Gasteiger partial charge in [0, 0.05) is 6.54 Å². The molecule has 1 heterocycles. The average molecular weight is 405 g/mol. The zero-order chi connectivity index (χ0) is 18.4. The minimum absolute atomic E-state index is 0.130. The van der Waals surface area contributed by atoms with E-state index in [2.05, 4.69) is 20.8 Å². The summed E-state index contributed by atoms with van der Waals surface area (Å²) in [5, 5.41) is 15.5. The molecule has 1 aromatic heterocycles. The minimum atomic E-state index is -0.130. The highest BCUT2D eigenvalue weighted by molar-refractivity contribution is 8.01. The Morgan fingerprint density at radius 1 is 1.19 bits per heavy atom. The van der Waals surface area contributed by atoms with Gasteiger partial charge >= 0.3 is 0 Å². The van der Waals surface area contributed by atoms with Crippen LogP contribution in [-0.4, -0.2) is 21.9 Å². The second kappa shape index (κ2) is 9.02. The lowest BCUT2D eigenvalue weighted by atomic mass is 10.2. The molecule has 2 aromatic carbocycles. The van der Waals surface area contributed by atoms with Crippen molar-refractivity contribution < 1.29 is 4.79 Å². The fourth-order valence-electron chi connectivity index (χ4n) is 2.15. The first-order valence-corrected chi connectivity index (χ1v) is 10.1. The normalized spacial score (nSPS) is 10.5. The number of aryl methyl sites for hydroxylation is 1. The molecule has 0 fully saturated rings. The Bertz CT molecular complexity index is 886. The Morgan fingerprint density at radius 3 is 2.77 bits per heavy atom. The molecule has 5 nitrogen and oxygen atoms in total. The SMILES string of the molecule is Cc1ccc(NC(=O)CSc2nnc(NCc3ccccc3)s2)c(Cl)c1. The maximum atomic E-state index is 12.1. The van der Waals surface area contributed by atoms with Gasteiger partial charge in [-0.15, -0.1) is 10.2 Å². The van der Waals surface area contributed by atoms with Gasteiger partial charge in [0.1, 0.15) is 0 Å². The second-order valence-electron chi connectivity index (χ2n) is 5.53. The zero-order valence-corrected chi connectivity index (χ0v) is 16.4. The molecule has 0 aliphatic carbocycles. The van der Waals surface area contributed by atoms with Gasteiger partial charge in [0.25, 0.3) is 0 Å². The molecule has 8 heteroatoms. The van der Waals surface area contributed by atoms with Crippen LogP contribution in [0, 0.1) is 6.92 Å². The molecule has 0 aliphatic rings. The number of hydrogen-bond acceptors (Lipinski definition) is 6. The van der Waals surface area contributed by atoms with E-state index in [0.29, 0.717) is 17.3 Å². The number of nitrogens with one attached hydrogen (secondary N) is 2. The topological polar surface area (TPSA) is 66.9 Å². The van der Waals surface area contributed by atoms with E-state index in [9.17, 15) is 4.79 Å². The van der Waals surface area contributed by atoms with E-state index < -0.39 is 0 Å². The summed E-state index contributed by atoms with van der Waals surface area (Å²) in [7, 11) is 0. The van der Waals surface area contributed by atoms with Gasteiger partial charge in [-0.05, 0) is 30.2 Å². The Hall–Kier alpha value is -2.09. The van der Waals surface area contributed by atoms with Crippen LogP contribution in [0.5, 0.6) is 0 Å². The van der Waals surface area contributed by atoms with Crippen molar-refractivity contribution in [3.8, 4) is 0 Å². The Kier molecular flexibility index (Phi) is 6.49. The molecule has 26 heavy (non-hydrogen) atoms. The van der Waals surface area contributed by atoms with Crippen molar-refractivity contribution >= 4 is 51.4 Å². The van der Waals surface area contributed by atoms with Crippen LogP contribution in [-0.2, 0) is 11.3 Å². The van der Waals surface area contributed by atoms with Gasteiger partial charge < -0.3 is 10.6 Å². The van der Waals surface area contributed by atoms with Crippen LogP contribution in [0.4, 0.5) is 10.8 Å². The van der Waals surface area contributed by atoms with Crippen molar-refractivity contribution in [3.63, 3.8) is 0 Å². The monoisotopic (exact) mass is 404 g/mol. The van der Waals surface area contributed by atoms with E-state index in [1.165, 1.54) is 28.7 Å². The fourth-order valence-corrected chi connectivity index (χ4v) is 3.98. The number of benzene rings is 2. The Balaban J connectivity index is 1.47. The molecular weight excluding hydrogens is 388 g/mol. The van der Waals surface area contributed by atoms with Gasteiger partial charge in [0.05, 0.1) is 16.5 Å². The van der Waals surface area contributed by atoms with E-state index in [1.54, 1.807) is 6.07 Å². The Labute approximate surface area is 165 Å². The standard InChI is InChI=1S/C18H17ClN4OS2/c1-12-7-8-15(14(19)9-12)21-16(24)11-25-18-23-22-17(26-18)20-10-13-5-3-2-4-6-13/h2-9H,10-11H2,1H3,(H,20,22)(H,21,24). The predicted octanol–water partition coefficient (Wildman–Crippen LogP) is 4.84. The third-order valence-electron chi connectivity index (χ3n) is 3.42. The molecular formula is C18H17ClN4OS2. The lowest BCUT2D eigenvalue weighted by molar-refractivity contribution is -0.113. The summed E-state index contributed by atoms with van der Waals surface area (Å²) in [6.07, 6.45) is 0. The molecule has 0 aliphatic heterocycles. The van der Waals surface area contributed by atoms with E-state index in [4.69, 9.17) is 11.6 Å². The van der Waals surface area contributed by atoms with Gasteiger partial charge in [-0.1, -0.05) is 71.1 Å². The molecule has 2 N–H and O–H groups in total. The lowest BCUT2D eigenvalue weighted by Crippen LogP contribution is -2.14. The van der Waals surface area contributed by atoms with Gasteiger partial charge in [0.2, 0.25) is 11.0 Å². The van der Waals surface area contributed by atoms with Crippen LogP contribution in [0.1, 0.15) is 11.1 Å². The number of hydrogen-bond donors (Lipinski definition) is 2. The van der Waals surface area contributed by atoms with Crippen LogP contribution in [0.25, 0.3) is 0 Å². The smallest absolute Gasteiger partial charge is 0.234 e. The molecule has 3 aromatic rings. The summed E-state index contributed by atoms with van der Waals surface area (Å²) in [4.78, 5) is 12.1. The average Bonchev–Trinajstić information content (AvgIpc) is 3.09.